The molecule has 152 valence electrons. The first-order valence-electron chi connectivity index (χ1n) is 9.64. The van der Waals surface area contributed by atoms with Crippen LogP contribution in [0, 0.1) is 5.92 Å². The molecule has 6 nitrogen and oxygen atoms in total. The quantitative estimate of drug-likeness (QED) is 0.721. The smallest absolute Gasteiger partial charge is 0.225 e. The molecule has 3 aliphatic rings. The Hall–Kier alpha value is -0.560. The minimum Gasteiger partial charge on any atom is -0.352 e. The van der Waals surface area contributed by atoms with E-state index in [1.807, 2.05) is 4.90 Å². The second-order valence-electron chi connectivity index (χ2n) is 7.62. The number of halogens is 2. The number of amides is 2. The highest BCUT2D eigenvalue weighted by Gasteiger charge is 2.37. The van der Waals surface area contributed by atoms with Gasteiger partial charge in [0.2, 0.25) is 11.8 Å². The van der Waals surface area contributed by atoms with Crippen LogP contribution in [0.4, 0.5) is 0 Å². The molecule has 26 heavy (non-hydrogen) atoms. The average Bonchev–Trinajstić information content (AvgIpc) is 3.17. The van der Waals surface area contributed by atoms with Crippen LogP contribution in [-0.2, 0) is 9.59 Å². The fourth-order valence-electron chi connectivity index (χ4n) is 4.44. The fraction of sp³-hybridized carbons (Fsp3) is 0.889. The summed E-state index contributed by atoms with van der Waals surface area (Å²) in [5.41, 5.74) is 0. The number of likely N-dealkylation sites (N-methyl/N-ethyl adjacent to an activating group) is 1. The third kappa shape index (κ3) is 5.47. The Balaban J connectivity index is 0.00000169. The highest BCUT2D eigenvalue weighted by molar-refractivity contribution is 5.89. The molecule has 4 unspecified atom stereocenters. The number of piperidine rings is 1. The Morgan fingerprint density at radius 2 is 2.04 bits per heavy atom. The van der Waals surface area contributed by atoms with Gasteiger partial charge >= 0.3 is 0 Å². The average molecular weight is 409 g/mol. The number of nitrogens with one attached hydrogen (secondary N) is 2. The summed E-state index contributed by atoms with van der Waals surface area (Å²) in [6.07, 6.45) is 4.88. The van der Waals surface area contributed by atoms with Crippen molar-refractivity contribution in [3.63, 3.8) is 0 Å². The van der Waals surface area contributed by atoms with E-state index in [9.17, 15) is 9.59 Å². The van der Waals surface area contributed by atoms with E-state index >= 15 is 0 Å². The van der Waals surface area contributed by atoms with Gasteiger partial charge in [-0.25, -0.2) is 0 Å². The molecule has 3 fully saturated rings. The van der Waals surface area contributed by atoms with Crippen LogP contribution in [0.2, 0.25) is 0 Å². The Morgan fingerprint density at radius 3 is 2.73 bits per heavy atom. The van der Waals surface area contributed by atoms with Crippen LogP contribution in [0.5, 0.6) is 0 Å². The first kappa shape index (κ1) is 23.5. The van der Waals surface area contributed by atoms with Gasteiger partial charge in [0, 0.05) is 37.6 Å². The van der Waals surface area contributed by atoms with Gasteiger partial charge in [-0.15, -0.1) is 24.8 Å². The molecule has 0 radical (unpaired) electrons. The molecular weight excluding hydrogens is 375 g/mol. The zero-order valence-corrected chi connectivity index (χ0v) is 17.5. The summed E-state index contributed by atoms with van der Waals surface area (Å²) in [5, 5.41) is 6.58. The van der Waals surface area contributed by atoms with Crippen LogP contribution in [0.1, 0.15) is 46.0 Å². The molecule has 3 saturated heterocycles. The molecule has 0 aromatic heterocycles. The van der Waals surface area contributed by atoms with E-state index in [4.69, 9.17) is 0 Å². The summed E-state index contributed by atoms with van der Waals surface area (Å²) in [5.74, 6) is 0.0289. The van der Waals surface area contributed by atoms with E-state index in [1.54, 1.807) is 0 Å². The van der Waals surface area contributed by atoms with E-state index in [0.29, 0.717) is 25.0 Å². The van der Waals surface area contributed by atoms with Gasteiger partial charge < -0.3 is 15.5 Å². The van der Waals surface area contributed by atoms with Crippen LogP contribution in [0.3, 0.4) is 0 Å². The lowest BCUT2D eigenvalue weighted by molar-refractivity contribution is -0.129. The maximum absolute atomic E-state index is 12.6. The minimum atomic E-state index is -0.178. The van der Waals surface area contributed by atoms with Gasteiger partial charge in [0.05, 0.1) is 5.92 Å². The third-order valence-electron chi connectivity index (χ3n) is 6.01. The Kier molecular flexibility index (Phi) is 9.65. The number of carbonyl (C=O) groups excluding carboxylic acids is 2. The first-order chi connectivity index (χ1) is 11.6. The summed E-state index contributed by atoms with van der Waals surface area (Å²) in [6, 6.07) is 0.983. The van der Waals surface area contributed by atoms with Gasteiger partial charge in [-0.2, -0.15) is 0 Å². The summed E-state index contributed by atoms with van der Waals surface area (Å²) in [7, 11) is 0. The summed E-state index contributed by atoms with van der Waals surface area (Å²) >= 11 is 0. The fourth-order valence-corrected chi connectivity index (χ4v) is 4.44. The zero-order valence-electron chi connectivity index (χ0n) is 15.9. The van der Waals surface area contributed by atoms with Gasteiger partial charge in [0.1, 0.15) is 0 Å². The molecule has 0 bridgehead atoms. The summed E-state index contributed by atoms with van der Waals surface area (Å²) < 4.78 is 0. The topological polar surface area (TPSA) is 64.7 Å². The van der Waals surface area contributed by atoms with Crippen molar-refractivity contribution in [1.82, 2.24) is 20.4 Å². The van der Waals surface area contributed by atoms with Crippen molar-refractivity contribution in [2.75, 3.05) is 32.7 Å². The molecule has 0 aliphatic carbocycles. The van der Waals surface area contributed by atoms with Crippen molar-refractivity contribution in [2.24, 2.45) is 5.92 Å². The van der Waals surface area contributed by atoms with E-state index < -0.39 is 0 Å². The van der Waals surface area contributed by atoms with Crippen molar-refractivity contribution in [3.8, 4) is 0 Å². The third-order valence-corrected chi connectivity index (χ3v) is 6.01. The van der Waals surface area contributed by atoms with E-state index in [-0.39, 0.29) is 48.6 Å². The molecule has 4 atom stereocenters. The molecule has 8 heteroatoms. The second kappa shape index (κ2) is 10.7. The molecule has 2 amide bonds. The number of carbonyl (C=O) groups is 2. The van der Waals surface area contributed by atoms with Crippen LogP contribution in [0.15, 0.2) is 0 Å². The number of hydrogen-bond donors (Lipinski definition) is 2. The van der Waals surface area contributed by atoms with Gasteiger partial charge in [-0.05, 0) is 52.2 Å². The maximum Gasteiger partial charge on any atom is 0.225 e. The normalized spacial score (nSPS) is 32.1. The van der Waals surface area contributed by atoms with E-state index in [2.05, 4.69) is 29.4 Å². The highest BCUT2D eigenvalue weighted by atomic mass is 35.5. The molecule has 0 aromatic carbocycles. The summed E-state index contributed by atoms with van der Waals surface area (Å²) in [6.45, 7) is 8.89. The summed E-state index contributed by atoms with van der Waals surface area (Å²) in [4.78, 5) is 29.3. The van der Waals surface area contributed by atoms with Crippen molar-refractivity contribution < 1.29 is 9.59 Å². The highest BCUT2D eigenvalue weighted by Crippen LogP contribution is 2.23. The maximum atomic E-state index is 12.6. The van der Waals surface area contributed by atoms with E-state index in [1.165, 1.54) is 12.8 Å². The molecule has 3 rings (SSSR count). The number of nitrogens with zero attached hydrogens (tertiary/aromatic N) is 2. The van der Waals surface area contributed by atoms with Crippen LogP contribution < -0.4 is 10.6 Å². The van der Waals surface area contributed by atoms with Gasteiger partial charge in [-0.3, -0.25) is 14.5 Å². The van der Waals surface area contributed by atoms with Crippen LogP contribution >= 0.6 is 24.8 Å². The van der Waals surface area contributed by atoms with Gasteiger partial charge in [0.25, 0.3) is 0 Å². The van der Waals surface area contributed by atoms with Gasteiger partial charge in [-0.1, -0.05) is 6.92 Å². The van der Waals surface area contributed by atoms with Crippen LogP contribution in [0.25, 0.3) is 0 Å². The largest absolute Gasteiger partial charge is 0.352 e. The minimum absolute atomic E-state index is 0. The van der Waals surface area contributed by atoms with Crippen molar-refractivity contribution >= 4 is 36.6 Å². The monoisotopic (exact) mass is 408 g/mol. The first-order valence-corrected chi connectivity index (χ1v) is 9.64. The van der Waals surface area contributed by atoms with Gasteiger partial charge in [0.15, 0.2) is 0 Å². The number of rotatable bonds is 5. The molecule has 0 spiro atoms. The molecule has 2 N–H and O–H groups in total. The molecule has 3 aliphatic heterocycles. The molecule has 3 heterocycles. The Morgan fingerprint density at radius 1 is 1.27 bits per heavy atom. The number of hydrogen-bond acceptors (Lipinski definition) is 4. The Labute approximate surface area is 169 Å². The Bertz CT molecular complexity index is 480. The van der Waals surface area contributed by atoms with Crippen molar-refractivity contribution in [2.45, 2.75) is 64.1 Å². The van der Waals surface area contributed by atoms with Crippen molar-refractivity contribution in [3.05, 3.63) is 0 Å². The molecular formula is C18H34Cl2N4O2. The SMILES string of the molecule is CCN1CCCC1CN1CC(C(=O)NC2CCCNC2C)CC1=O.Cl.Cl. The predicted octanol–water partition coefficient (Wildman–Crippen LogP) is 1.42. The second-order valence-corrected chi connectivity index (χ2v) is 7.62. The molecule has 0 aromatic rings. The molecule has 0 saturated carbocycles. The lowest BCUT2D eigenvalue weighted by atomic mass is 9.98. The standard InChI is InChI=1S/C18H32N4O2.2ClH/c1-3-21-9-5-6-15(21)12-22-11-14(10-17(22)23)18(24)20-16-7-4-8-19-13(16)2;;/h13-16,19H,3-12H2,1-2H3,(H,20,24);2*1H. The number of likely N-dealkylation sites (tertiary alicyclic amines) is 2. The lowest BCUT2D eigenvalue weighted by Crippen LogP contribution is -2.53. The predicted molar refractivity (Wildman–Crippen MR) is 108 cm³/mol. The lowest BCUT2D eigenvalue weighted by Gasteiger charge is -2.31. The van der Waals surface area contributed by atoms with E-state index in [0.717, 1.165) is 39.0 Å². The zero-order chi connectivity index (χ0) is 17.1. The van der Waals surface area contributed by atoms with Crippen molar-refractivity contribution in [1.29, 1.82) is 0 Å². The van der Waals surface area contributed by atoms with Crippen LogP contribution in [-0.4, -0.2) is 72.5 Å².